The van der Waals surface area contributed by atoms with Crippen molar-refractivity contribution in [2.24, 2.45) is 0 Å². The minimum absolute atomic E-state index is 0.0191. The van der Waals surface area contributed by atoms with E-state index in [9.17, 15) is 8.78 Å². The Kier molecular flexibility index (Phi) is 2.77. The lowest BCUT2D eigenvalue weighted by atomic mass is 10.0. The summed E-state index contributed by atoms with van der Waals surface area (Å²) < 4.78 is 26.3. The van der Waals surface area contributed by atoms with E-state index in [0.29, 0.717) is 0 Å². The molecular weight excluding hydrogens is 244 g/mol. The molecule has 1 unspecified atom stereocenters. The third-order valence-electron chi connectivity index (χ3n) is 3.65. The Hall–Kier alpha value is -1.90. The van der Waals surface area contributed by atoms with Crippen LogP contribution in [0.15, 0.2) is 30.3 Å². The molecule has 3 heteroatoms. The summed E-state index contributed by atoms with van der Waals surface area (Å²) >= 11 is 0. The number of rotatable bonds is 1. The summed E-state index contributed by atoms with van der Waals surface area (Å²) in [6, 6.07) is 8.40. The molecule has 0 saturated heterocycles. The molecule has 98 valence electrons. The molecule has 0 fully saturated rings. The van der Waals surface area contributed by atoms with Crippen molar-refractivity contribution >= 4 is 5.69 Å². The molecule has 1 nitrogen and oxygen atoms in total. The van der Waals surface area contributed by atoms with E-state index < -0.39 is 11.6 Å². The van der Waals surface area contributed by atoms with Crippen LogP contribution in [0.2, 0.25) is 0 Å². The first kappa shape index (κ1) is 12.2. The number of hydrogen-bond donors (Lipinski definition) is 1. The Morgan fingerprint density at radius 3 is 2.58 bits per heavy atom. The largest absolute Gasteiger partial charge is 0.377 e. The molecule has 0 aliphatic carbocycles. The van der Waals surface area contributed by atoms with Gasteiger partial charge >= 0.3 is 0 Å². The molecule has 0 spiro atoms. The number of nitrogens with one attached hydrogen (secondary N) is 1. The van der Waals surface area contributed by atoms with E-state index in [1.54, 1.807) is 6.07 Å². The summed E-state index contributed by atoms with van der Waals surface area (Å²) in [6.45, 7) is 4.13. The first-order valence-corrected chi connectivity index (χ1v) is 6.36. The Bertz CT molecular complexity index is 649. The van der Waals surface area contributed by atoms with Crippen LogP contribution in [0.1, 0.15) is 28.3 Å². The van der Waals surface area contributed by atoms with Crippen LogP contribution in [-0.4, -0.2) is 0 Å². The van der Waals surface area contributed by atoms with Crippen LogP contribution in [0.4, 0.5) is 14.5 Å². The molecular formula is C16H15F2N. The van der Waals surface area contributed by atoms with Gasteiger partial charge in [0.1, 0.15) is 0 Å². The van der Waals surface area contributed by atoms with Crippen LogP contribution in [0.25, 0.3) is 0 Å². The smallest absolute Gasteiger partial charge is 0.159 e. The fourth-order valence-electron chi connectivity index (χ4n) is 2.80. The lowest BCUT2D eigenvalue weighted by Gasteiger charge is -2.12. The van der Waals surface area contributed by atoms with Gasteiger partial charge in [-0.25, -0.2) is 8.78 Å². The zero-order valence-corrected chi connectivity index (χ0v) is 10.9. The molecule has 1 heterocycles. The highest BCUT2D eigenvalue weighted by Gasteiger charge is 2.24. The van der Waals surface area contributed by atoms with Gasteiger partial charge in [0.2, 0.25) is 0 Å². The Morgan fingerprint density at radius 1 is 1.05 bits per heavy atom. The molecule has 1 aliphatic heterocycles. The number of hydrogen-bond acceptors (Lipinski definition) is 1. The van der Waals surface area contributed by atoms with Gasteiger partial charge in [-0.3, -0.25) is 0 Å². The minimum Gasteiger partial charge on any atom is -0.377 e. The normalized spacial score (nSPS) is 17.2. The highest BCUT2D eigenvalue weighted by Crippen LogP contribution is 2.37. The zero-order chi connectivity index (χ0) is 13.6. The van der Waals surface area contributed by atoms with Crippen molar-refractivity contribution in [1.29, 1.82) is 0 Å². The Balaban J connectivity index is 1.95. The second kappa shape index (κ2) is 4.34. The maximum absolute atomic E-state index is 13.3. The van der Waals surface area contributed by atoms with E-state index in [1.807, 2.05) is 0 Å². The summed E-state index contributed by atoms with van der Waals surface area (Å²) in [5.41, 5.74) is 5.57. The zero-order valence-electron chi connectivity index (χ0n) is 10.9. The fourth-order valence-corrected chi connectivity index (χ4v) is 2.80. The highest BCUT2D eigenvalue weighted by atomic mass is 19.2. The van der Waals surface area contributed by atoms with Crippen LogP contribution in [-0.2, 0) is 6.42 Å². The van der Waals surface area contributed by atoms with Gasteiger partial charge in [-0.2, -0.15) is 0 Å². The lowest BCUT2D eigenvalue weighted by Crippen LogP contribution is -2.06. The summed E-state index contributed by atoms with van der Waals surface area (Å²) in [5.74, 6) is -1.59. The van der Waals surface area contributed by atoms with Crippen molar-refractivity contribution in [3.63, 3.8) is 0 Å². The maximum atomic E-state index is 13.3. The number of aryl methyl sites for hydroxylation is 2. The summed E-state index contributed by atoms with van der Waals surface area (Å²) in [4.78, 5) is 0. The van der Waals surface area contributed by atoms with Gasteiger partial charge in [0, 0.05) is 5.69 Å². The summed E-state index contributed by atoms with van der Waals surface area (Å²) in [7, 11) is 0. The number of fused-ring (bicyclic) bond motifs is 1. The van der Waals surface area contributed by atoms with Crippen molar-refractivity contribution in [1.82, 2.24) is 0 Å². The molecule has 3 rings (SSSR count). The van der Waals surface area contributed by atoms with Crippen LogP contribution in [0, 0.1) is 25.5 Å². The highest BCUT2D eigenvalue weighted by molar-refractivity contribution is 5.64. The van der Waals surface area contributed by atoms with Crippen molar-refractivity contribution < 1.29 is 8.78 Å². The Morgan fingerprint density at radius 2 is 1.84 bits per heavy atom. The van der Waals surface area contributed by atoms with Gasteiger partial charge in [0.15, 0.2) is 11.6 Å². The van der Waals surface area contributed by atoms with Crippen LogP contribution in [0.5, 0.6) is 0 Å². The summed E-state index contributed by atoms with van der Waals surface area (Å²) in [5, 5.41) is 3.40. The molecule has 0 bridgehead atoms. The fraction of sp³-hybridized carbons (Fsp3) is 0.250. The first-order valence-electron chi connectivity index (χ1n) is 6.36. The third kappa shape index (κ3) is 2.09. The van der Waals surface area contributed by atoms with Crippen molar-refractivity contribution in [3.05, 3.63) is 64.2 Å². The molecule has 0 saturated carbocycles. The van der Waals surface area contributed by atoms with Gasteiger partial charge in [-0.1, -0.05) is 23.8 Å². The van der Waals surface area contributed by atoms with Crippen LogP contribution in [0.3, 0.4) is 0 Å². The van der Waals surface area contributed by atoms with Crippen LogP contribution >= 0.6 is 0 Å². The van der Waals surface area contributed by atoms with Gasteiger partial charge in [-0.05, 0) is 49.1 Å². The molecule has 1 N–H and O–H groups in total. The van der Waals surface area contributed by atoms with E-state index in [-0.39, 0.29) is 6.04 Å². The van der Waals surface area contributed by atoms with E-state index in [1.165, 1.54) is 28.8 Å². The monoisotopic (exact) mass is 259 g/mol. The molecule has 0 amide bonds. The number of anilines is 1. The molecule has 2 aromatic rings. The van der Waals surface area contributed by atoms with E-state index in [4.69, 9.17) is 0 Å². The van der Waals surface area contributed by atoms with E-state index in [2.05, 4.69) is 31.3 Å². The SMILES string of the molecule is Cc1cc(C)c2c(c1)CC(c1ccc(F)c(F)c1)N2. The maximum Gasteiger partial charge on any atom is 0.159 e. The average molecular weight is 259 g/mol. The molecule has 2 aromatic carbocycles. The van der Waals surface area contributed by atoms with Crippen molar-refractivity contribution in [3.8, 4) is 0 Å². The minimum atomic E-state index is -0.800. The van der Waals surface area contributed by atoms with Gasteiger partial charge < -0.3 is 5.32 Å². The van der Waals surface area contributed by atoms with Gasteiger partial charge in [-0.15, -0.1) is 0 Å². The van der Waals surface area contributed by atoms with E-state index >= 15 is 0 Å². The van der Waals surface area contributed by atoms with Gasteiger partial charge in [0.05, 0.1) is 6.04 Å². The topological polar surface area (TPSA) is 12.0 Å². The Labute approximate surface area is 111 Å². The van der Waals surface area contributed by atoms with Crippen molar-refractivity contribution in [2.45, 2.75) is 26.3 Å². The van der Waals surface area contributed by atoms with E-state index in [0.717, 1.165) is 17.7 Å². The standard InChI is InChI=1S/C16H15F2N/c1-9-5-10(2)16-12(6-9)8-15(19-16)11-3-4-13(17)14(18)7-11/h3-7,15,19H,8H2,1-2H3. The summed E-state index contributed by atoms with van der Waals surface area (Å²) in [6.07, 6.45) is 0.808. The first-order chi connectivity index (χ1) is 9.04. The van der Waals surface area contributed by atoms with Gasteiger partial charge in [0.25, 0.3) is 0 Å². The molecule has 19 heavy (non-hydrogen) atoms. The lowest BCUT2D eigenvalue weighted by molar-refractivity contribution is 0.506. The number of halogens is 2. The predicted molar refractivity (Wildman–Crippen MR) is 72.3 cm³/mol. The van der Waals surface area contributed by atoms with Crippen LogP contribution < -0.4 is 5.32 Å². The third-order valence-corrected chi connectivity index (χ3v) is 3.65. The molecule has 1 atom stereocenters. The number of benzene rings is 2. The van der Waals surface area contributed by atoms with Crippen molar-refractivity contribution in [2.75, 3.05) is 5.32 Å². The predicted octanol–water partition coefficient (Wildman–Crippen LogP) is 4.29. The molecule has 0 radical (unpaired) electrons. The quantitative estimate of drug-likeness (QED) is 0.805. The molecule has 1 aliphatic rings. The second-order valence-corrected chi connectivity index (χ2v) is 5.19. The average Bonchev–Trinajstić information content (AvgIpc) is 2.76. The molecule has 0 aromatic heterocycles. The second-order valence-electron chi connectivity index (χ2n) is 5.19.